The second-order valence-corrected chi connectivity index (χ2v) is 11.7. The molecule has 3 aromatic rings. The number of hydrogen-bond donors (Lipinski definition) is 2. The van der Waals surface area contributed by atoms with Crippen molar-refractivity contribution >= 4 is 35.4 Å². The van der Waals surface area contributed by atoms with Gasteiger partial charge in [-0.15, -0.1) is 0 Å². The van der Waals surface area contributed by atoms with Gasteiger partial charge in [0, 0.05) is 49.3 Å². The van der Waals surface area contributed by atoms with Crippen LogP contribution in [-0.4, -0.2) is 76.1 Å². The third kappa shape index (κ3) is 5.62. The van der Waals surface area contributed by atoms with Crippen molar-refractivity contribution in [1.29, 1.82) is 0 Å². The molecule has 0 spiro atoms. The van der Waals surface area contributed by atoms with Gasteiger partial charge in [0.15, 0.2) is 11.6 Å². The lowest BCUT2D eigenvalue weighted by atomic mass is 9.95. The minimum Gasteiger partial charge on any atom is -0.384 e. The lowest BCUT2D eigenvalue weighted by molar-refractivity contribution is -0.117. The first-order chi connectivity index (χ1) is 19.8. The highest BCUT2D eigenvalue weighted by atomic mass is 16.3. The van der Waals surface area contributed by atoms with Gasteiger partial charge in [-0.1, -0.05) is 18.2 Å². The predicted octanol–water partition coefficient (Wildman–Crippen LogP) is 3.99. The SMILES string of the molecule is Cc1cnc(Nc2ccc(N3CC4CN(C)CC4C3)cc2)nc1N1c2cccc(n2)C(C)(O)CC/C=C\CN1C=O. The number of rotatable bonds is 5. The number of anilines is 5. The average molecular weight is 555 g/mol. The summed E-state index contributed by atoms with van der Waals surface area (Å²) in [6.45, 7) is 8.58. The molecule has 0 saturated carbocycles. The van der Waals surface area contributed by atoms with Gasteiger partial charge < -0.3 is 20.2 Å². The van der Waals surface area contributed by atoms with Crippen molar-refractivity contribution in [2.45, 2.75) is 32.3 Å². The molecule has 1 amide bonds. The van der Waals surface area contributed by atoms with Gasteiger partial charge in [0.2, 0.25) is 12.4 Å². The Labute approximate surface area is 241 Å². The molecule has 1 aromatic carbocycles. The first-order valence-electron chi connectivity index (χ1n) is 14.3. The van der Waals surface area contributed by atoms with Crippen LogP contribution >= 0.6 is 0 Å². The van der Waals surface area contributed by atoms with Gasteiger partial charge in [0.25, 0.3) is 0 Å². The molecule has 0 aliphatic carbocycles. The first kappa shape index (κ1) is 27.2. The Kier molecular flexibility index (Phi) is 7.35. The number of amides is 1. The van der Waals surface area contributed by atoms with Crippen LogP contribution in [0.3, 0.4) is 0 Å². The Morgan fingerprint density at radius 1 is 1.02 bits per heavy atom. The van der Waals surface area contributed by atoms with Crippen molar-refractivity contribution in [3.05, 3.63) is 72.1 Å². The molecule has 3 atom stereocenters. The highest BCUT2D eigenvalue weighted by molar-refractivity contribution is 5.67. The molecule has 2 aromatic heterocycles. The van der Waals surface area contributed by atoms with Crippen LogP contribution in [0.25, 0.3) is 0 Å². The second-order valence-electron chi connectivity index (χ2n) is 11.7. The molecule has 41 heavy (non-hydrogen) atoms. The fraction of sp³-hybridized carbons (Fsp3) is 0.419. The van der Waals surface area contributed by atoms with E-state index in [1.165, 1.54) is 23.8 Å². The summed E-state index contributed by atoms with van der Waals surface area (Å²) in [6, 6.07) is 13.9. The van der Waals surface area contributed by atoms with Crippen molar-refractivity contribution in [1.82, 2.24) is 24.9 Å². The number of fused-ring (bicyclic) bond motifs is 3. The van der Waals surface area contributed by atoms with E-state index in [0.717, 1.165) is 42.6 Å². The number of likely N-dealkylation sites (tertiary alicyclic amines) is 1. The summed E-state index contributed by atoms with van der Waals surface area (Å²) in [4.78, 5) is 31.4. The van der Waals surface area contributed by atoms with E-state index in [4.69, 9.17) is 9.97 Å². The summed E-state index contributed by atoms with van der Waals surface area (Å²) in [6.07, 6.45) is 7.61. The summed E-state index contributed by atoms with van der Waals surface area (Å²) >= 11 is 0. The molecule has 2 bridgehead atoms. The fourth-order valence-corrected chi connectivity index (χ4v) is 6.20. The van der Waals surface area contributed by atoms with Crippen LogP contribution in [0, 0.1) is 18.8 Å². The highest BCUT2D eigenvalue weighted by Crippen LogP contribution is 2.35. The zero-order valence-corrected chi connectivity index (χ0v) is 23.9. The van der Waals surface area contributed by atoms with Crippen molar-refractivity contribution in [2.75, 3.05) is 55.0 Å². The van der Waals surface area contributed by atoms with Crippen LogP contribution in [0.5, 0.6) is 0 Å². The molecular weight excluding hydrogens is 516 g/mol. The van der Waals surface area contributed by atoms with E-state index in [1.54, 1.807) is 18.1 Å². The molecule has 3 unspecified atom stereocenters. The van der Waals surface area contributed by atoms with Crippen LogP contribution in [-0.2, 0) is 10.4 Å². The molecule has 2 saturated heterocycles. The number of hydrogen-bond acceptors (Lipinski definition) is 9. The zero-order chi connectivity index (χ0) is 28.6. The number of aromatic nitrogens is 3. The molecule has 10 nitrogen and oxygen atoms in total. The number of carbonyl (C=O) groups is 1. The molecule has 3 aliphatic rings. The molecule has 2 N–H and O–H groups in total. The molecule has 5 heterocycles. The topological polar surface area (TPSA) is 101 Å². The van der Waals surface area contributed by atoms with Crippen LogP contribution in [0.1, 0.15) is 31.0 Å². The van der Waals surface area contributed by atoms with E-state index in [9.17, 15) is 9.90 Å². The van der Waals surface area contributed by atoms with Crippen molar-refractivity contribution in [3.8, 4) is 0 Å². The van der Waals surface area contributed by atoms with Crippen LogP contribution in [0.2, 0.25) is 0 Å². The summed E-state index contributed by atoms with van der Waals surface area (Å²) < 4.78 is 0. The maximum absolute atomic E-state index is 12.3. The Morgan fingerprint density at radius 2 is 1.78 bits per heavy atom. The minimum atomic E-state index is -1.10. The van der Waals surface area contributed by atoms with Crippen LogP contribution < -0.4 is 15.2 Å². The molecule has 10 heteroatoms. The number of nitrogens with one attached hydrogen (secondary N) is 1. The average Bonchev–Trinajstić information content (AvgIpc) is 3.51. The normalized spacial score (nSPS) is 25.5. The number of benzene rings is 1. The van der Waals surface area contributed by atoms with Gasteiger partial charge in [0.1, 0.15) is 5.60 Å². The van der Waals surface area contributed by atoms with Gasteiger partial charge in [-0.25, -0.2) is 20.0 Å². The molecule has 2 fully saturated rings. The van der Waals surface area contributed by atoms with Gasteiger partial charge in [-0.3, -0.25) is 4.79 Å². The number of aliphatic hydroxyl groups is 1. The van der Waals surface area contributed by atoms with E-state index in [-0.39, 0.29) is 0 Å². The predicted molar refractivity (Wildman–Crippen MR) is 160 cm³/mol. The first-order valence-corrected chi connectivity index (χ1v) is 14.3. The van der Waals surface area contributed by atoms with E-state index in [1.807, 2.05) is 37.3 Å². The minimum absolute atomic E-state index is 0.333. The van der Waals surface area contributed by atoms with Crippen molar-refractivity contribution in [2.24, 2.45) is 11.8 Å². The van der Waals surface area contributed by atoms with Crippen LogP contribution in [0.15, 0.2) is 60.8 Å². The number of allylic oxidation sites excluding steroid dienone is 1. The maximum Gasteiger partial charge on any atom is 0.229 e. The van der Waals surface area contributed by atoms with Crippen LogP contribution in [0.4, 0.5) is 29.0 Å². The lowest BCUT2D eigenvalue weighted by Crippen LogP contribution is -2.40. The summed E-state index contributed by atoms with van der Waals surface area (Å²) in [7, 11) is 2.21. The van der Waals surface area contributed by atoms with E-state index in [2.05, 4.69) is 51.4 Å². The maximum atomic E-state index is 12.3. The standard InChI is InChI=1S/C31H38N8O2/c1-22-16-32-30(33-25-10-12-26(13-11-25)37-19-23-17-36(3)18-24(23)20-37)35-29(22)39-28-9-7-8-27(34-28)31(2,41)14-5-4-6-15-38(39)21-40/h4,6-13,16,21,23-24,41H,5,14-15,17-20H2,1-3H3,(H,32,33,35)/b6-4-. The molecule has 6 rings (SSSR count). The number of hydrazine groups is 1. The largest absolute Gasteiger partial charge is 0.384 e. The van der Waals surface area contributed by atoms with Gasteiger partial charge in [0.05, 0.1) is 12.2 Å². The smallest absolute Gasteiger partial charge is 0.229 e. The van der Waals surface area contributed by atoms with E-state index in [0.29, 0.717) is 42.7 Å². The molecule has 0 radical (unpaired) electrons. The molecular formula is C31H38N8O2. The monoisotopic (exact) mass is 554 g/mol. The third-order valence-electron chi connectivity index (χ3n) is 8.44. The summed E-state index contributed by atoms with van der Waals surface area (Å²) in [5, 5.41) is 17.6. The summed E-state index contributed by atoms with van der Waals surface area (Å²) in [5.41, 5.74) is 2.33. The number of carbonyl (C=O) groups excluding carboxylic acids is 1. The Hall–Kier alpha value is -4.02. The molecule has 3 aliphatic heterocycles. The number of pyridine rings is 1. The quantitative estimate of drug-likeness (QED) is 0.358. The Balaban J connectivity index is 1.27. The van der Waals surface area contributed by atoms with Gasteiger partial charge >= 0.3 is 0 Å². The van der Waals surface area contributed by atoms with Crippen molar-refractivity contribution < 1.29 is 9.90 Å². The number of nitrogens with zero attached hydrogens (tertiary/aromatic N) is 7. The van der Waals surface area contributed by atoms with Gasteiger partial charge in [-0.2, -0.15) is 4.98 Å². The Bertz CT molecular complexity index is 1410. The van der Waals surface area contributed by atoms with Crippen molar-refractivity contribution in [3.63, 3.8) is 0 Å². The second kappa shape index (κ2) is 11.1. The fourth-order valence-electron chi connectivity index (χ4n) is 6.20. The van der Waals surface area contributed by atoms with E-state index < -0.39 is 5.60 Å². The lowest BCUT2D eigenvalue weighted by Gasteiger charge is -2.33. The summed E-state index contributed by atoms with van der Waals surface area (Å²) in [5.74, 6) is 2.93. The zero-order valence-electron chi connectivity index (χ0n) is 23.9. The van der Waals surface area contributed by atoms with Gasteiger partial charge in [-0.05, 0) is 82.0 Å². The number of aryl methyl sites for hydroxylation is 1. The highest BCUT2D eigenvalue weighted by Gasteiger charge is 2.38. The molecule has 214 valence electrons. The van der Waals surface area contributed by atoms with E-state index >= 15 is 0 Å². The Morgan fingerprint density at radius 3 is 2.51 bits per heavy atom. The third-order valence-corrected chi connectivity index (χ3v) is 8.44.